The van der Waals surface area contributed by atoms with E-state index in [1.807, 2.05) is 0 Å². The van der Waals surface area contributed by atoms with Gasteiger partial charge in [0.1, 0.15) is 29.7 Å². The molecule has 0 atom stereocenters. The van der Waals surface area contributed by atoms with Crippen molar-refractivity contribution in [3.63, 3.8) is 0 Å². The first-order valence-corrected chi connectivity index (χ1v) is 7.39. The Morgan fingerprint density at radius 3 is 2.12 bits per heavy atom. The molecule has 2 aromatic carbocycles. The fourth-order valence-corrected chi connectivity index (χ4v) is 2.15. The number of hydrogen-bond donors (Lipinski definition) is 2. The summed E-state index contributed by atoms with van der Waals surface area (Å²) >= 11 is 0. The van der Waals surface area contributed by atoms with Crippen molar-refractivity contribution in [2.24, 2.45) is 0 Å². The number of benzene rings is 2. The zero-order valence-corrected chi connectivity index (χ0v) is 13.8. The molecule has 0 spiro atoms. The first-order valence-electron chi connectivity index (χ1n) is 7.39. The Labute approximate surface area is 150 Å². The second-order valence-electron chi connectivity index (χ2n) is 4.91. The molecule has 2 aromatic rings. The van der Waals surface area contributed by atoms with Crippen molar-refractivity contribution < 1.29 is 9.53 Å². The highest BCUT2D eigenvalue weighted by molar-refractivity contribution is 6.08. The summed E-state index contributed by atoms with van der Waals surface area (Å²) in [4.78, 5) is 12.6. The fourth-order valence-electron chi connectivity index (χ4n) is 2.15. The van der Waals surface area contributed by atoms with Crippen molar-refractivity contribution in [3.8, 4) is 24.0 Å². The zero-order valence-electron chi connectivity index (χ0n) is 13.8. The molecule has 0 aliphatic rings. The second kappa shape index (κ2) is 8.54. The smallest absolute Gasteiger partial charge is 0.257 e. The largest absolute Gasteiger partial charge is 0.495 e. The van der Waals surface area contributed by atoms with Crippen LogP contribution in [0.5, 0.6) is 5.75 Å². The van der Waals surface area contributed by atoms with Gasteiger partial charge in [0.25, 0.3) is 5.91 Å². The molecule has 7 heteroatoms. The van der Waals surface area contributed by atoms with Crippen LogP contribution in [0.4, 0.5) is 11.4 Å². The van der Waals surface area contributed by atoms with Crippen LogP contribution in [0.25, 0.3) is 0 Å². The molecule has 2 N–H and O–H groups in total. The normalized spacial score (nSPS) is 9.00. The third-order valence-electron chi connectivity index (χ3n) is 3.37. The molecule has 1 amide bonds. The Kier molecular flexibility index (Phi) is 5.93. The second-order valence-corrected chi connectivity index (χ2v) is 4.91. The van der Waals surface area contributed by atoms with Gasteiger partial charge in [0.15, 0.2) is 5.57 Å². The molecule has 0 unspecified atom stereocenters. The summed E-state index contributed by atoms with van der Waals surface area (Å²) in [6, 6.07) is 18.4. The molecule has 0 heterocycles. The number of methoxy groups -OCH3 is 1. The lowest BCUT2D eigenvalue weighted by Crippen LogP contribution is -2.15. The number of amides is 1. The van der Waals surface area contributed by atoms with E-state index in [0.717, 1.165) is 0 Å². The van der Waals surface area contributed by atoms with E-state index in [1.54, 1.807) is 66.7 Å². The summed E-state index contributed by atoms with van der Waals surface area (Å²) in [7, 11) is 1.50. The quantitative estimate of drug-likeness (QED) is 0.804. The number of nitriles is 3. The minimum atomic E-state index is -0.439. The van der Waals surface area contributed by atoms with Gasteiger partial charge in [0.05, 0.1) is 24.0 Å². The molecular formula is C19H13N5O2. The van der Waals surface area contributed by atoms with E-state index in [1.165, 1.54) is 7.11 Å². The van der Waals surface area contributed by atoms with Gasteiger partial charge in [-0.2, -0.15) is 15.8 Å². The van der Waals surface area contributed by atoms with E-state index in [2.05, 4.69) is 10.6 Å². The number of rotatable bonds is 5. The third kappa shape index (κ3) is 3.97. The number of nitrogens with zero attached hydrogens (tertiary/aromatic N) is 3. The molecule has 126 valence electrons. The number of anilines is 2. The predicted octanol–water partition coefficient (Wildman–Crippen LogP) is 3.18. The number of carbonyl (C=O) groups excluding carboxylic acids is 1. The summed E-state index contributed by atoms with van der Waals surface area (Å²) in [6.45, 7) is 0. The van der Waals surface area contributed by atoms with Gasteiger partial charge in [0, 0.05) is 0 Å². The molecule has 0 saturated heterocycles. The summed E-state index contributed by atoms with van der Waals surface area (Å²) < 4.78 is 5.20. The van der Waals surface area contributed by atoms with Crippen LogP contribution in [0.15, 0.2) is 59.8 Å². The number of para-hydroxylation sites is 3. The lowest BCUT2D eigenvalue weighted by molar-refractivity contribution is 0.102. The zero-order chi connectivity index (χ0) is 18.9. The van der Waals surface area contributed by atoms with Crippen LogP contribution in [0.3, 0.4) is 0 Å². The SMILES string of the molecule is COc1ccccc1NC(=O)c1ccccc1NC(C#N)=C(C#N)C#N. The molecule has 0 aliphatic carbocycles. The molecular weight excluding hydrogens is 330 g/mol. The van der Waals surface area contributed by atoms with Gasteiger partial charge in [-0.15, -0.1) is 0 Å². The summed E-state index contributed by atoms with van der Waals surface area (Å²) in [5.41, 5.74) is 0.418. The van der Waals surface area contributed by atoms with Gasteiger partial charge >= 0.3 is 0 Å². The summed E-state index contributed by atoms with van der Waals surface area (Å²) in [6.07, 6.45) is 0. The van der Waals surface area contributed by atoms with E-state index in [0.29, 0.717) is 17.1 Å². The highest BCUT2D eigenvalue weighted by atomic mass is 16.5. The van der Waals surface area contributed by atoms with Crippen molar-refractivity contribution in [2.45, 2.75) is 0 Å². The summed E-state index contributed by atoms with van der Waals surface area (Å²) in [5, 5.41) is 32.4. The molecule has 0 aliphatic heterocycles. The van der Waals surface area contributed by atoms with Gasteiger partial charge in [-0.05, 0) is 24.3 Å². The standard InChI is InChI=1S/C19H13N5O2/c1-26-18-9-5-4-8-16(18)24-19(25)14-6-2-3-7-15(14)23-17(12-22)13(10-20)11-21/h2-9,23H,1H3,(H,24,25). The molecule has 0 radical (unpaired) electrons. The van der Waals surface area contributed by atoms with Crippen molar-refractivity contribution in [3.05, 3.63) is 65.4 Å². The van der Waals surface area contributed by atoms with Crippen LogP contribution in [-0.2, 0) is 0 Å². The lowest BCUT2D eigenvalue weighted by atomic mass is 10.1. The molecule has 0 bridgehead atoms. The number of ether oxygens (including phenoxy) is 1. The molecule has 0 aromatic heterocycles. The minimum absolute atomic E-state index is 0.229. The van der Waals surface area contributed by atoms with Gasteiger partial charge in [-0.3, -0.25) is 4.79 Å². The minimum Gasteiger partial charge on any atom is -0.495 e. The van der Waals surface area contributed by atoms with Crippen LogP contribution in [0, 0.1) is 34.0 Å². The van der Waals surface area contributed by atoms with Gasteiger partial charge in [0.2, 0.25) is 0 Å². The number of nitrogens with one attached hydrogen (secondary N) is 2. The lowest BCUT2D eigenvalue weighted by Gasteiger charge is -2.13. The van der Waals surface area contributed by atoms with Gasteiger partial charge in [-0.25, -0.2) is 0 Å². The number of allylic oxidation sites excluding steroid dienone is 2. The Balaban J connectivity index is 2.36. The topological polar surface area (TPSA) is 122 Å². The van der Waals surface area contributed by atoms with Crippen molar-refractivity contribution in [2.75, 3.05) is 17.7 Å². The van der Waals surface area contributed by atoms with Crippen molar-refractivity contribution >= 4 is 17.3 Å². The Hall–Kier alpha value is -4.28. The molecule has 2 rings (SSSR count). The van der Waals surface area contributed by atoms with Crippen LogP contribution in [-0.4, -0.2) is 13.0 Å². The highest BCUT2D eigenvalue weighted by Crippen LogP contribution is 2.25. The Morgan fingerprint density at radius 1 is 0.885 bits per heavy atom. The first-order chi connectivity index (χ1) is 12.6. The predicted molar refractivity (Wildman–Crippen MR) is 94.9 cm³/mol. The molecule has 0 saturated carbocycles. The Morgan fingerprint density at radius 2 is 1.50 bits per heavy atom. The molecule has 7 nitrogen and oxygen atoms in total. The highest BCUT2D eigenvalue weighted by Gasteiger charge is 2.15. The van der Waals surface area contributed by atoms with E-state index < -0.39 is 5.91 Å². The number of hydrogen-bond acceptors (Lipinski definition) is 6. The average Bonchev–Trinajstić information content (AvgIpc) is 2.68. The van der Waals surface area contributed by atoms with Gasteiger partial charge in [-0.1, -0.05) is 24.3 Å². The van der Waals surface area contributed by atoms with E-state index >= 15 is 0 Å². The van der Waals surface area contributed by atoms with Crippen LogP contribution >= 0.6 is 0 Å². The Bertz CT molecular complexity index is 974. The van der Waals surface area contributed by atoms with Crippen LogP contribution in [0.1, 0.15) is 10.4 Å². The van der Waals surface area contributed by atoms with E-state index in [-0.39, 0.29) is 16.8 Å². The monoisotopic (exact) mass is 343 g/mol. The molecule has 26 heavy (non-hydrogen) atoms. The van der Waals surface area contributed by atoms with Crippen LogP contribution < -0.4 is 15.4 Å². The summed E-state index contributed by atoms with van der Waals surface area (Å²) in [5.74, 6) is 0.0607. The number of carbonyl (C=O) groups is 1. The van der Waals surface area contributed by atoms with Gasteiger partial charge < -0.3 is 15.4 Å². The maximum Gasteiger partial charge on any atom is 0.257 e. The van der Waals surface area contributed by atoms with E-state index in [9.17, 15) is 4.79 Å². The van der Waals surface area contributed by atoms with E-state index in [4.69, 9.17) is 20.5 Å². The van der Waals surface area contributed by atoms with Crippen molar-refractivity contribution in [1.82, 2.24) is 0 Å². The first kappa shape index (κ1) is 18.1. The fraction of sp³-hybridized carbons (Fsp3) is 0.0526. The average molecular weight is 343 g/mol. The maximum absolute atomic E-state index is 12.6. The van der Waals surface area contributed by atoms with Crippen LogP contribution in [0.2, 0.25) is 0 Å². The molecule has 0 fully saturated rings. The third-order valence-corrected chi connectivity index (χ3v) is 3.37. The maximum atomic E-state index is 12.6. The van der Waals surface area contributed by atoms with Crippen molar-refractivity contribution in [1.29, 1.82) is 15.8 Å².